The van der Waals surface area contributed by atoms with Crippen LogP contribution in [0.3, 0.4) is 0 Å². The fourth-order valence-corrected chi connectivity index (χ4v) is 4.79. The van der Waals surface area contributed by atoms with Crippen LogP contribution in [-0.4, -0.2) is 19.9 Å². The van der Waals surface area contributed by atoms with Crippen LogP contribution in [0, 0.1) is 6.92 Å². The van der Waals surface area contributed by atoms with Gasteiger partial charge in [-0.3, -0.25) is 0 Å². The van der Waals surface area contributed by atoms with Crippen molar-refractivity contribution >= 4 is 32.7 Å². The average Bonchev–Trinajstić information content (AvgIpc) is 2.98. The van der Waals surface area contributed by atoms with Gasteiger partial charge in [-0.1, -0.05) is 13.0 Å². The van der Waals surface area contributed by atoms with Crippen molar-refractivity contribution in [3.63, 3.8) is 0 Å². The predicted octanol–water partition coefficient (Wildman–Crippen LogP) is 2.60. The van der Waals surface area contributed by atoms with Crippen LogP contribution < -0.4 is 4.72 Å². The zero-order valence-electron chi connectivity index (χ0n) is 10.8. The fourth-order valence-electron chi connectivity index (χ4n) is 1.70. The van der Waals surface area contributed by atoms with E-state index in [2.05, 4.69) is 23.6 Å². The van der Waals surface area contributed by atoms with Crippen molar-refractivity contribution in [2.24, 2.45) is 0 Å². The molecule has 1 N–H and O–H groups in total. The number of thiophene rings is 1. The molecule has 0 aliphatic carbocycles. The summed E-state index contributed by atoms with van der Waals surface area (Å²) < 4.78 is 26.8. The summed E-state index contributed by atoms with van der Waals surface area (Å²) >= 11 is 2.87. The number of rotatable bonds is 6. The van der Waals surface area contributed by atoms with Crippen LogP contribution in [0.1, 0.15) is 22.5 Å². The molecule has 4 nitrogen and oxygen atoms in total. The monoisotopic (exact) mass is 316 g/mol. The second-order valence-electron chi connectivity index (χ2n) is 4.04. The quantitative estimate of drug-likeness (QED) is 0.891. The minimum Gasteiger partial charge on any atom is -0.246 e. The summed E-state index contributed by atoms with van der Waals surface area (Å²) in [4.78, 5) is 5.72. The maximum atomic E-state index is 11.9. The smallest absolute Gasteiger partial charge is 0.246 e. The van der Waals surface area contributed by atoms with Crippen LogP contribution >= 0.6 is 22.7 Å². The Morgan fingerprint density at radius 3 is 2.79 bits per heavy atom. The molecule has 0 aliphatic heterocycles. The van der Waals surface area contributed by atoms with E-state index in [0.29, 0.717) is 17.2 Å². The number of aromatic nitrogens is 1. The van der Waals surface area contributed by atoms with Crippen molar-refractivity contribution < 1.29 is 8.42 Å². The lowest BCUT2D eigenvalue weighted by Crippen LogP contribution is -2.25. The molecule has 0 radical (unpaired) electrons. The predicted molar refractivity (Wildman–Crippen MR) is 79.4 cm³/mol. The number of hydrogen-bond donors (Lipinski definition) is 1. The van der Waals surface area contributed by atoms with Crippen LogP contribution in [-0.2, 0) is 22.9 Å². The van der Waals surface area contributed by atoms with Gasteiger partial charge < -0.3 is 0 Å². The Balaban J connectivity index is 1.93. The SMILES string of the molecule is CCc1nc(CCNS(=O)(=O)c2cccs2)sc1C. The van der Waals surface area contributed by atoms with Gasteiger partial charge in [0.05, 0.1) is 10.7 Å². The molecule has 104 valence electrons. The molecule has 0 bridgehead atoms. The highest BCUT2D eigenvalue weighted by molar-refractivity contribution is 7.91. The van der Waals surface area contributed by atoms with Gasteiger partial charge in [-0.15, -0.1) is 22.7 Å². The van der Waals surface area contributed by atoms with Crippen molar-refractivity contribution in [1.82, 2.24) is 9.71 Å². The van der Waals surface area contributed by atoms with E-state index in [4.69, 9.17) is 0 Å². The van der Waals surface area contributed by atoms with Gasteiger partial charge in [0.2, 0.25) is 10.0 Å². The van der Waals surface area contributed by atoms with Crippen molar-refractivity contribution in [3.05, 3.63) is 33.1 Å². The minimum absolute atomic E-state index is 0.358. The molecule has 2 rings (SSSR count). The summed E-state index contributed by atoms with van der Waals surface area (Å²) in [6, 6.07) is 3.34. The van der Waals surface area contributed by atoms with Crippen LogP contribution in [0.2, 0.25) is 0 Å². The second-order valence-corrected chi connectivity index (χ2v) is 8.27. The van der Waals surface area contributed by atoms with Crippen LogP contribution in [0.25, 0.3) is 0 Å². The lowest BCUT2D eigenvalue weighted by Gasteiger charge is -2.02. The number of sulfonamides is 1. The van der Waals surface area contributed by atoms with Crippen molar-refractivity contribution in [2.75, 3.05) is 6.54 Å². The van der Waals surface area contributed by atoms with Crippen LogP contribution in [0.4, 0.5) is 0 Å². The highest BCUT2D eigenvalue weighted by atomic mass is 32.2. The molecule has 7 heteroatoms. The highest BCUT2D eigenvalue weighted by Crippen LogP contribution is 2.19. The van der Waals surface area contributed by atoms with Crippen molar-refractivity contribution in [2.45, 2.75) is 30.9 Å². The Labute approximate surface area is 121 Å². The van der Waals surface area contributed by atoms with Crippen LogP contribution in [0.5, 0.6) is 0 Å². The standard InChI is InChI=1S/C12H16N2O2S3/c1-3-10-9(2)18-11(14-10)6-7-13-19(15,16)12-5-4-8-17-12/h4-5,8,13H,3,6-7H2,1-2H3. The van der Waals surface area contributed by atoms with Crippen LogP contribution in [0.15, 0.2) is 21.7 Å². The third-order valence-electron chi connectivity index (χ3n) is 2.66. The topological polar surface area (TPSA) is 59.1 Å². The molecule has 0 saturated heterocycles. The summed E-state index contributed by atoms with van der Waals surface area (Å²) in [5.41, 5.74) is 1.11. The molecule has 2 aromatic rings. The Morgan fingerprint density at radius 1 is 1.42 bits per heavy atom. The number of aryl methyl sites for hydroxylation is 2. The Bertz CT molecular complexity index is 630. The summed E-state index contributed by atoms with van der Waals surface area (Å²) in [7, 11) is -3.35. The molecular formula is C12H16N2O2S3. The molecular weight excluding hydrogens is 300 g/mol. The Morgan fingerprint density at radius 2 is 2.21 bits per heavy atom. The van der Waals surface area contributed by atoms with Gasteiger partial charge in [-0.05, 0) is 24.8 Å². The van der Waals surface area contributed by atoms with Crippen molar-refractivity contribution in [1.29, 1.82) is 0 Å². The number of hydrogen-bond acceptors (Lipinski definition) is 5. The van der Waals surface area contributed by atoms with Gasteiger partial charge in [0.25, 0.3) is 0 Å². The second kappa shape index (κ2) is 6.13. The largest absolute Gasteiger partial charge is 0.250 e. The molecule has 2 aromatic heterocycles. The zero-order valence-corrected chi connectivity index (χ0v) is 13.3. The summed E-state index contributed by atoms with van der Waals surface area (Å²) in [6.45, 7) is 4.51. The van der Waals surface area contributed by atoms with E-state index in [1.807, 2.05) is 0 Å². The summed E-state index contributed by atoms with van der Waals surface area (Å²) in [6.07, 6.45) is 1.55. The van der Waals surface area contributed by atoms with Gasteiger partial charge in [0.15, 0.2) is 0 Å². The Hall–Kier alpha value is -0.760. The van der Waals surface area contributed by atoms with Crippen molar-refractivity contribution in [3.8, 4) is 0 Å². The number of nitrogens with zero attached hydrogens (tertiary/aromatic N) is 1. The van der Waals surface area contributed by atoms with E-state index < -0.39 is 10.0 Å². The molecule has 19 heavy (non-hydrogen) atoms. The lowest BCUT2D eigenvalue weighted by molar-refractivity contribution is 0.583. The molecule has 0 aromatic carbocycles. The number of nitrogens with one attached hydrogen (secondary N) is 1. The first-order valence-corrected chi connectivity index (χ1v) is 9.19. The minimum atomic E-state index is -3.35. The van der Waals surface area contributed by atoms with E-state index >= 15 is 0 Å². The van der Waals surface area contributed by atoms with Gasteiger partial charge in [-0.2, -0.15) is 0 Å². The van der Waals surface area contributed by atoms with Gasteiger partial charge >= 0.3 is 0 Å². The molecule has 0 aliphatic rings. The molecule has 0 spiro atoms. The molecule has 0 saturated carbocycles. The highest BCUT2D eigenvalue weighted by Gasteiger charge is 2.14. The summed E-state index contributed by atoms with van der Waals surface area (Å²) in [5.74, 6) is 0. The molecule has 2 heterocycles. The maximum absolute atomic E-state index is 11.9. The maximum Gasteiger partial charge on any atom is 0.250 e. The first-order valence-electron chi connectivity index (χ1n) is 6.01. The Kier molecular flexibility index (Phi) is 4.72. The lowest BCUT2D eigenvalue weighted by atomic mass is 10.3. The zero-order chi connectivity index (χ0) is 13.9. The number of thiazole rings is 1. The summed E-state index contributed by atoms with van der Waals surface area (Å²) in [5, 5.41) is 2.75. The molecule has 0 atom stereocenters. The van der Waals surface area contributed by atoms with Gasteiger partial charge in [0, 0.05) is 17.8 Å². The molecule has 0 unspecified atom stereocenters. The van der Waals surface area contributed by atoms with E-state index in [0.717, 1.165) is 17.1 Å². The first-order chi connectivity index (χ1) is 9.03. The normalized spacial score (nSPS) is 11.9. The van der Waals surface area contributed by atoms with E-state index in [1.165, 1.54) is 16.2 Å². The van der Waals surface area contributed by atoms with E-state index in [9.17, 15) is 8.42 Å². The van der Waals surface area contributed by atoms with Gasteiger partial charge in [-0.25, -0.2) is 18.1 Å². The van der Waals surface area contributed by atoms with Gasteiger partial charge in [0.1, 0.15) is 4.21 Å². The molecule has 0 fully saturated rings. The van der Waals surface area contributed by atoms with E-state index in [1.54, 1.807) is 28.8 Å². The average molecular weight is 316 g/mol. The molecule has 0 amide bonds. The third kappa shape index (κ3) is 3.62. The third-order valence-corrected chi connectivity index (χ3v) is 6.59. The van der Waals surface area contributed by atoms with E-state index in [-0.39, 0.29) is 0 Å². The first kappa shape index (κ1) is 14.6. The fraction of sp³-hybridized carbons (Fsp3) is 0.417.